The van der Waals surface area contributed by atoms with E-state index < -0.39 is 21.4 Å². The number of rotatable bonds is 10. The molecule has 1 aromatic heterocycles. The number of halogens is 1. The highest BCUT2D eigenvalue weighted by Gasteiger charge is 2.31. The predicted molar refractivity (Wildman–Crippen MR) is 137 cm³/mol. The second-order valence-corrected chi connectivity index (χ2v) is 13.2. The number of hydrogen-bond donors (Lipinski definition) is 0. The summed E-state index contributed by atoms with van der Waals surface area (Å²) in [5, 5.41) is -0.124. The minimum absolute atomic E-state index is 0.0105. The summed E-state index contributed by atoms with van der Waals surface area (Å²) in [6.07, 6.45) is 5.26. The molecule has 0 spiro atoms. The highest BCUT2D eigenvalue weighted by Crippen LogP contribution is 2.26. The van der Waals surface area contributed by atoms with E-state index in [1.807, 2.05) is 20.8 Å². The Kier molecular flexibility index (Phi) is 8.70. The molecular weight excluding hydrogens is 497 g/mol. The SMILES string of the molecule is CC(C)(C)CC(=O)N(Cc1cnc(S(=O)(=O)Cc2ccccc2F)n1CC1CCCO1)CC1CCCO1. The molecule has 0 bridgehead atoms. The van der Waals surface area contributed by atoms with E-state index in [0.29, 0.717) is 38.4 Å². The van der Waals surface area contributed by atoms with Gasteiger partial charge in [0, 0.05) is 31.7 Å². The largest absolute Gasteiger partial charge is 0.376 e. The number of carbonyl (C=O) groups is 1. The average molecular weight is 536 g/mol. The molecule has 2 aromatic rings. The van der Waals surface area contributed by atoms with Crippen molar-refractivity contribution in [3.8, 4) is 0 Å². The van der Waals surface area contributed by atoms with Gasteiger partial charge in [0.05, 0.1) is 42.9 Å². The van der Waals surface area contributed by atoms with Gasteiger partial charge in [0.2, 0.25) is 20.9 Å². The quantitative estimate of drug-likeness (QED) is 0.455. The lowest BCUT2D eigenvalue weighted by Crippen LogP contribution is -2.39. The Morgan fingerprint density at radius 1 is 1.14 bits per heavy atom. The van der Waals surface area contributed by atoms with Crippen LogP contribution in [0.2, 0.25) is 0 Å². The number of sulfone groups is 1. The maximum atomic E-state index is 14.3. The normalized spacial score (nSPS) is 20.4. The molecule has 37 heavy (non-hydrogen) atoms. The summed E-state index contributed by atoms with van der Waals surface area (Å²) in [6.45, 7) is 8.32. The topological polar surface area (TPSA) is 90.7 Å². The van der Waals surface area contributed by atoms with Gasteiger partial charge in [-0.25, -0.2) is 17.8 Å². The van der Waals surface area contributed by atoms with Crippen molar-refractivity contribution in [2.45, 2.75) is 89.1 Å². The Labute approximate surface area is 219 Å². The van der Waals surface area contributed by atoms with Crippen LogP contribution in [0.5, 0.6) is 0 Å². The zero-order valence-corrected chi connectivity index (χ0v) is 22.8. The first-order valence-corrected chi connectivity index (χ1v) is 14.7. The molecule has 0 N–H and O–H groups in total. The molecule has 204 valence electrons. The predicted octanol–water partition coefficient (Wildman–Crippen LogP) is 4.12. The Balaban J connectivity index is 1.65. The van der Waals surface area contributed by atoms with Gasteiger partial charge in [-0.1, -0.05) is 39.0 Å². The number of ether oxygens (including phenoxy) is 2. The number of aromatic nitrogens is 2. The second kappa shape index (κ2) is 11.6. The van der Waals surface area contributed by atoms with Crippen LogP contribution in [0.1, 0.15) is 64.1 Å². The van der Waals surface area contributed by atoms with Gasteiger partial charge in [0.25, 0.3) is 0 Å². The molecule has 2 fully saturated rings. The third-order valence-electron chi connectivity index (χ3n) is 6.73. The molecule has 2 unspecified atom stereocenters. The van der Waals surface area contributed by atoms with E-state index in [1.54, 1.807) is 15.5 Å². The van der Waals surface area contributed by atoms with E-state index in [2.05, 4.69) is 4.98 Å². The van der Waals surface area contributed by atoms with Gasteiger partial charge in [-0.05, 0) is 37.2 Å². The van der Waals surface area contributed by atoms with Crippen molar-refractivity contribution in [1.29, 1.82) is 0 Å². The summed E-state index contributed by atoms with van der Waals surface area (Å²) in [7, 11) is -3.97. The fraction of sp³-hybridized carbons (Fsp3) is 0.630. The fourth-order valence-corrected chi connectivity index (χ4v) is 6.40. The van der Waals surface area contributed by atoms with E-state index in [1.165, 1.54) is 24.4 Å². The minimum Gasteiger partial charge on any atom is -0.376 e. The van der Waals surface area contributed by atoms with Gasteiger partial charge in [0.15, 0.2) is 0 Å². The molecule has 1 amide bonds. The Morgan fingerprint density at radius 3 is 2.43 bits per heavy atom. The van der Waals surface area contributed by atoms with Crippen molar-refractivity contribution in [2.24, 2.45) is 5.41 Å². The first-order valence-electron chi connectivity index (χ1n) is 13.0. The van der Waals surface area contributed by atoms with E-state index in [4.69, 9.17) is 9.47 Å². The molecule has 0 radical (unpaired) electrons. The number of benzene rings is 1. The number of imidazole rings is 1. The molecule has 1 aromatic carbocycles. The number of amides is 1. The Morgan fingerprint density at radius 2 is 1.81 bits per heavy atom. The van der Waals surface area contributed by atoms with Crippen molar-refractivity contribution >= 4 is 15.7 Å². The van der Waals surface area contributed by atoms with Gasteiger partial charge in [-0.2, -0.15) is 0 Å². The van der Waals surface area contributed by atoms with E-state index in [0.717, 1.165) is 25.7 Å². The maximum Gasteiger partial charge on any atom is 0.228 e. The molecule has 4 rings (SSSR count). The third-order valence-corrected chi connectivity index (χ3v) is 8.30. The summed E-state index contributed by atoms with van der Waals surface area (Å²) < 4.78 is 54.5. The summed E-state index contributed by atoms with van der Waals surface area (Å²) in [4.78, 5) is 19.4. The van der Waals surface area contributed by atoms with Gasteiger partial charge in [-0.3, -0.25) is 4.79 Å². The van der Waals surface area contributed by atoms with Crippen LogP contribution in [-0.2, 0) is 42.9 Å². The fourth-order valence-electron chi connectivity index (χ4n) is 4.89. The Bertz CT molecular complexity index is 1180. The first-order chi connectivity index (χ1) is 17.5. The van der Waals surface area contributed by atoms with Gasteiger partial charge in [0.1, 0.15) is 5.82 Å². The van der Waals surface area contributed by atoms with Gasteiger partial charge >= 0.3 is 0 Å². The van der Waals surface area contributed by atoms with Crippen molar-refractivity contribution in [1.82, 2.24) is 14.5 Å². The van der Waals surface area contributed by atoms with Crippen LogP contribution < -0.4 is 0 Å². The Hall–Kier alpha value is -2.30. The monoisotopic (exact) mass is 535 g/mol. The molecule has 10 heteroatoms. The molecule has 0 saturated carbocycles. The van der Waals surface area contributed by atoms with Crippen LogP contribution in [0.15, 0.2) is 35.6 Å². The molecule has 8 nitrogen and oxygen atoms in total. The average Bonchev–Trinajstić information content (AvgIpc) is 3.57. The summed E-state index contributed by atoms with van der Waals surface area (Å²) in [5.41, 5.74) is 0.511. The number of carbonyl (C=O) groups excluding carboxylic acids is 1. The van der Waals surface area contributed by atoms with Crippen molar-refractivity contribution in [3.05, 3.63) is 47.5 Å². The zero-order valence-electron chi connectivity index (χ0n) is 22.0. The zero-order chi connectivity index (χ0) is 26.6. The molecule has 2 aliphatic heterocycles. The van der Waals surface area contributed by atoms with Crippen molar-refractivity contribution in [3.63, 3.8) is 0 Å². The van der Waals surface area contributed by atoms with E-state index in [-0.39, 0.29) is 40.8 Å². The highest BCUT2D eigenvalue weighted by molar-refractivity contribution is 7.90. The molecule has 3 heterocycles. The number of hydrogen-bond acceptors (Lipinski definition) is 6. The molecule has 0 aliphatic carbocycles. The minimum atomic E-state index is -3.97. The van der Waals surface area contributed by atoms with Crippen molar-refractivity contribution < 1.29 is 27.1 Å². The van der Waals surface area contributed by atoms with Crippen LogP contribution >= 0.6 is 0 Å². The van der Waals surface area contributed by atoms with E-state index >= 15 is 0 Å². The number of nitrogens with zero attached hydrogens (tertiary/aromatic N) is 3. The summed E-state index contributed by atoms with van der Waals surface area (Å²) >= 11 is 0. The van der Waals surface area contributed by atoms with Gasteiger partial charge < -0.3 is 18.9 Å². The molecule has 2 atom stereocenters. The molecule has 2 aliphatic rings. The molecule has 2 saturated heterocycles. The van der Waals surface area contributed by atoms with Crippen LogP contribution in [0.25, 0.3) is 0 Å². The first kappa shape index (κ1) is 27.7. The lowest BCUT2D eigenvalue weighted by Gasteiger charge is -2.29. The lowest BCUT2D eigenvalue weighted by atomic mass is 9.91. The third kappa shape index (κ3) is 7.39. The second-order valence-electron chi connectivity index (χ2n) is 11.3. The maximum absolute atomic E-state index is 14.3. The van der Waals surface area contributed by atoms with Crippen LogP contribution in [0.3, 0.4) is 0 Å². The van der Waals surface area contributed by atoms with Crippen LogP contribution in [-0.4, -0.2) is 60.7 Å². The van der Waals surface area contributed by atoms with E-state index in [9.17, 15) is 17.6 Å². The lowest BCUT2D eigenvalue weighted by molar-refractivity contribution is -0.135. The van der Waals surface area contributed by atoms with Crippen LogP contribution in [0.4, 0.5) is 4.39 Å². The highest BCUT2D eigenvalue weighted by atomic mass is 32.2. The smallest absolute Gasteiger partial charge is 0.228 e. The van der Waals surface area contributed by atoms with Gasteiger partial charge in [-0.15, -0.1) is 0 Å². The van der Waals surface area contributed by atoms with Crippen molar-refractivity contribution in [2.75, 3.05) is 19.8 Å². The standard InChI is InChI=1S/C27H38FN3O5S/c1-27(2,3)14-25(32)30(17-22-9-6-12-35-22)16-21-15-29-26(31(21)18-23-10-7-13-36-23)37(33,34)19-20-8-4-5-11-24(20)28/h4-5,8,11,15,22-23H,6-7,9-10,12-14,16-19H2,1-3H3. The molecular formula is C27H38FN3O5S. The summed E-state index contributed by atoms with van der Waals surface area (Å²) in [6, 6.07) is 5.86. The summed E-state index contributed by atoms with van der Waals surface area (Å²) in [5.74, 6) is -1.08. The van der Waals surface area contributed by atoms with Crippen LogP contribution in [0, 0.1) is 11.2 Å².